The van der Waals surface area contributed by atoms with Crippen LogP contribution in [-0.2, 0) is 13.1 Å². The zero-order valence-electron chi connectivity index (χ0n) is 14.7. The van der Waals surface area contributed by atoms with Gasteiger partial charge in [0.25, 0.3) is 11.5 Å². The molecule has 1 fully saturated rings. The van der Waals surface area contributed by atoms with Gasteiger partial charge in [0.1, 0.15) is 11.5 Å². The Kier molecular flexibility index (Phi) is 5.16. The molecular formula is C17H24N6O2. The lowest BCUT2D eigenvalue weighted by Gasteiger charge is -2.34. The Morgan fingerprint density at radius 3 is 2.80 bits per heavy atom. The molecule has 0 aromatic carbocycles. The van der Waals surface area contributed by atoms with E-state index in [1.54, 1.807) is 29.1 Å². The van der Waals surface area contributed by atoms with Crippen LogP contribution in [0.25, 0.3) is 0 Å². The highest BCUT2D eigenvalue weighted by molar-refractivity contribution is 5.92. The summed E-state index contributed by atoms with van der Waals surface area (Å²) in [4.78, 5) is 26.3. The Labute approximate surface area is 146 Å². The first-order valence-electron chi connectivity index (χ1n) is 8.78. The first kappa shape index (κ1) is 17.2. The fraction of sp³-hybridized carbons (Fsp3) is 0.529. The second-order valence-corrected chi connectivity index (χ2v) is 6.14. The number of aryl methyl sites for hydroxylation is 2. The van der Waals surface area contributed by atoms with Gasteiger partial charge >= 0.3 is 0 Å². The number of carbonyl (C=O) groups is 1. The third-order valence-corrected chi connectivity index (χ3v) is 4.48. The average molecular weight is 344 g/mol. The van der Waals surface area contributed by atoms with E-state index < -0.39 is 0 Å². The van der Waals surface area contributed by atoms with Crippen LogP contribution in [0, 0.1) is 0 Å². The number of rotatable bonds is 5. The molecule has 0 aliphatic carbocycles. The number of piperidine rings is 1. The van der Waals surface area contributed by atoms with Crippen LogP contribution in [0.4, 0.5) is 5.82 Å². The Bertz CT molecular complexity index is 796. The highest BCUT2D eigenvalue weighted by atomic mass is 16.2. The Morgan fingerprint density at radius 1 is 1.24 bits per heavy atom. The van der Waals surface area contributed by atoms with Crippen molar-refractivity contribution in [3.05, 3.63) is 40.4 Å². The predicted octanol–water partition coefficient (Wildman–Crippen LogP) is 0.878. The number of hydrogen-bond donors (Lipinski definition) is 1. The minimum absolute atomic E-state index is 0.0465. The van der Waals surface area contributed by atoms with E-state index in [2.05, 4.69) is 20.4 Å². The molecular weight excluding hydrogens is 320 g/mol. The lowest BCUT2D eigenvalue weighted by atomic mass is 10.1. The van der Waals surface area contributed by atoms with Gasteiger partial charge in [0.05, 0.1) is 0 Å². The molecule has 3 heterocycles. The molecule has 0 radical (unpaired) electrons. The average Bonchev–Trinajstić information content (AvgIpc) is 3.11. The van der Waals surface area contributed by atoms with Gasteiger partial charge in [0.15, 0.2) is 0 Å². The third-order valence-electron chi connectivity index (χ3n) is 4.48. The quantitative estimate of drug-likeness (QED) is 0.870. The van der Waals surface area contributed by atoms with Crippen molar-refractivity contribution in [2.45, 2.75) is 45.8 Å². The highest BCUT2D eigenvalue weighted by Gasteiger charge is 2.24. The maximum atomic E-state index is 12.5. The molecule has 1 saturated heterocycles. The first-order valence-corrected chi connectivity index (χ1v) is 8.78. The first-order chi connectivity index (χ1) is 12.1. The largest absolute Gasteiger partial charge is 0.353 e. The van der Waals surface area contributed by atoms with Crippen molar-refractivity contribution < 1.29 is 4.79 Å². The molecule has 1 N–H and O–H groups in total. The molecule has 0 saturated carbocycles. The van der Waals surface area contributed by atoms with Crippen molar-refractivity contribution in [2.24, 2.45) is 0 Å². The lowest BCUT2D eigenvalue weighted by molar-refractivity contribution is 0.0922. The normalized spacial score (nSPS) is 17.5. The Morgan fingerprint density at radius 2 is 2.04 bits per heavy atom. The molecule has 0 spiro atoms. The minimum Gasteiger partial charge on any atom is -0.353 e. The standard InChI is InChI=1S/C17H24N6O2/c1-3-22-14(9-10-18-22)17(25)19-13-6-5-11-21(12-13)15-7-8-16(24)23(4-2)20-15/h7-10,13H,3-6,11-12H2,1-2H3,(H,19,25). The third kappa shape index (κ3) is 3.72. The number of hydrogen-bond acceptors (Lipinski definition) is 5. The van der Waals surface area contributed by atoms with Crippen LogP contribution in [0.2, 0.25) is 0 Å². The van der Waals surface area contributed by atoms with Gasteiger partial charge in [-0.3, -0.25) is 14.3 Å². The van der Waals surface area contributed by atoms with Gasteiger partial charge in [-0.2, -0.15) is 10.2 Å². The zero-order valence-corrected chi connectivity index (χ0v) is 14.7. The highest BCUT2D eigenvalue weighted by Crippen LogP contribution is 2.17. The maximum Gasteiger partial charge on any atom is 0.269 e. The summed E-state index contributed by atoms with van der Waals surface area (Å²) < 4.78 is 3.14. The van der Waals surface area contributed by atoms with E-state index in [0.717, 1.165) is 25.2 Å². The summed E-state index contributed by atoms with van der Waals surface area (Å²) in [6, 6.07) is 5.09. The summed E-state index contributed by atoms with van der Waals surface area (Å²) in [5.74, 6) is 0.677. The molecule has 8 nitrogen and oxygen atoms in total. The van der Waals surface area contributed by atoms with Crippen molar-refractivity contribution in [2.75, 3.05) is 18.0 Å². The van der Waals surface area contributed by atoms with E-state index >= 15 is 0 Å². The second-order valence-electron chi connectivity index (χ2n) is 6.14. The Balaban J connectivity index is 1.69. The van der Waals surface area contributed by atoms with Crippen LogP contribution in [0.15, 0.2) is 29.2 Å². The van der Waals surface area contributed by atoms with Gasteiger partial charge in [-0.1, -0.05) is 0 Å². The molecule has 134 valence electrons. The van der Waals surface area contributed by atoms with Gasteiger partial charge < -0.3 is 10.2 Å². The van der Waals surface area contributed by atoms with Crippen molar-refractivity contribution in [3.8, 4) is 0 Å². The number of nitrogens with one attached hydrogen (secondary N) is 1. The fourth-order valence-corrected chi connectivity index (χ4v) is 3.17. The summed E-state index contributed by atoms with van der Waals surface area (Å²) in [7, 11) is 0. The van der Waals surface area contributed by atoms with E-state index in [1.807, 2.05) is 13.8 Å². The fourth-order valence-electron chi connectivity index (χ4n) is 3.17. The van der Waals surface area contributed by atoms with Crippen molar-refractivity contribution in [1.29, 1.82) is 0 Å². The predicted molar refractivity (Wildman–Crippen MR) is 94.8 cm³/mol. The summed E-state index contributed by atoms with van der Waals surface area (Å²) in [6.45, 7) is 6.61. The summed E-state index contributed by atoms with van der Waals surface area (Å²) in [5, 5.41) is 11.6. The van der Waals surface area contributed by atoms with E-state index in [1.165, 1.54) is 4.68 Å². The van der Waals surface area contributed by atoms with Gasteiger partial charge in [-0.15, -0.1) is 0 Å². The number of carbonyl (C=O) groups excluding carboxylic acids is 1. The Hall–Kier alpha value is -2.64. The molecule has 25 heavy (non-hydrogen) atoms. The molecule has 8 heteroatoms. The molecule has 2 aromatic rings. The van der Waals surface area contributed by atoms with Crippen LogP contribution < -0.4 is 15.8 Å². The molecule has 3 rings (SSSR count). The van der Waals surface area contributed by atoms with Crippen LogP contribution in [0.1, 0.15) is 37.2 Å². The van der Waals surface area contributed by atoms with Crippen LogP contribution in [0.3, 0.4) is 0 Å². The van der Waals surface area contributed by atoms with Crippen LogP contribution in [-0.4, -0.2) is 44.6 Å². The van der Waals surface area contributed by atoms with Crippen molar-refractivity contribution >= 4 is 11.7 Å². The summed E-state index contributed by atoms with van der Waals surface area (Å²) >= 11 is 0. The van der Waals surface area contributed by atoms with E-state index in [0.29, 0.717) is 25.3 Å². The molecule has 2 aromatic heterocycles. The van der Waals surface area contributed by atoms with Crippen molar-refractivity contribution in [1.82, 2.24) is 24.9 Å². The second kappa shape index (κ2) is 7.50. The lowest BCUT2D eigenvalue weighted by Crippen LogP contribution is -2.48. The summed E-state index contributed by atoms with van der Waals surface area (Å²) in [5.41, 5.74) is 0.484. The van der Waals surface area contributed by atoms with Gasteiger partial charge in [0, 0.05) is 44.5 Å². The zero-order chi connectivity index (χ0) is 17.8. The van der Waals surface area contributed by atoms with E-state index in [9.17, 15) is 9.59 Å². The van der Waals surface area contributed by atoms with Gasteiger partial charge in [0.2, 0.25) is 0 Å². The SMILES string of the molecule is CCn1nccc1C(=O)NC1CCCN(c2ccc(=O)n(CC)n2)C1. The molecule has 0 bridgehead atoms. The maximum absolute atomic E-state index is 12.5. The van der Waals surface area contributed by atoms with Crippen LogP contribution in [0.5, 0.6) is 0 Å². The number of amides is 1. The molecule has 1 atom stereocenters. The topological polar surface area (TPSA) is 85.0 Å². The van der Waals surface area contributed by atoms with Gasteiger partial charge in [-0.25, -0.2) is 4.68 Å². The number of nitrogens with zero attached hydrogens (tertiary/aromatic N) is 5. The number of anilines is 1. The molecule has 1 aliphatic heterocycles. The van der Waals surface area contributed by atoms with Crippen LogP contribution >= 0.6 is 0 Å². The van der Waals surface area contributed by atoms with Crippen molar-refractivity contribution in [3.63, 3.8) is 0 Å². The van der Waals surface area contributed by atoms with E-state index in [-0.39, 0.29) is 17.5 Å². The molecule has 1 unspecified atom stereocenters. The summed E-state index contributed by atoms with van der Waals surface area (Å²) in [6.07, 6.45) is 3.53. The molecule has 1 amide bonds. The molecule has 1 aliphatic rings. The van der Waals surface area contributed by atoms with E-state index in [4.69, 9.17) is 0 Å². The number of aromatic nitrogens is 4. The smallest absolute Gasteiger partial charge is 0.269 e. The monoisotopic (exact) mass is 344 g/mol. The van der Waals surface area contributed by atoms with Gasteiger partial charge in [-0.05, 0) is 38.8 Å². The minimum atomic E-state index is -0.0994.